The number of ether oxygens (including phenoxy) is 1. The maximum Gasteiger partial charge on any atom is 0.194 e. The second-order valence-electron chi connectivity index (χ2n) is 7.00. The van der Waals surface area contributed by atoms with E-state index < -0.39 is 0 Å². The van der Waals surface area contributed by atoms with Crippen molar-refractivity contribution in [2.75, 3.05) is 33.4 Å². The second-order valence-corrected chi connectivity index (χ2v) is 7.00. The van der Waals surface area contributed by atoms with Gasteiger partial charge in [0.05, 0.1) is 6.61 Å². The molecule has 1 aliphatic carbocycles. The van der Waals surface area contributed by atoms with Gasteiger partial charge in [-0.1, -0.05) is 13.8 Å². The lowest BCUT2D eigenvalue weighted by atomic mass is 10.2. The summed E-state index contributed by atoms with van der Waals surface area (Å²) in [4.78, 5) is 11.3. The Kier molecular flexibility index (Phi) is 7.56. The second kappa shape index (κ2) is 9.67. The minimum absolute atomic E-state index is 0.593. The molecule has 6 nitrogen and oxygen atoms in total. The summed E-state index contributed by atoms with van der Waals surface area (Å²) < 4.78 is 7.92. The number of nitrogens with zero attached hydrogens (tertiary/aromatic N) is 4. The standard InChI is InChI=1S/C18H33N5O/c1-5-19-18(22(4)10-11-24-14-16-6-7-16)21-12-17-20-8-9-23(17)13-15(2)3/h8-9,15-16H,5-7,10-14H2,1-4H3,(H,19,21). The summed E-state index contributed by atoms with van der Waals surface area (Å²) in [5.74, 6) is 3.34. The van der Waals surface area contributed by atoms with Crippen LogP contribution < -0.4 is 5.32 Å². The predicted molar refractivity (Wildman–Crippen MR) is 98.1 cm³/mol. The van der Waals surface area contributed by atoms with Gasteiger partial charge in [-0.05, 0) is 31.6 Å². The first kappa shape index (κ1) is 18.8. The number of likely N-dealkylation sites (N-methyl/N-ethyl adjacent to an activating group) is 1. The monoisotopic (exact) mass is 335 g/mol. The minimum Gasteiger partial charge on any atom is -0.379 e. The summed E-state index contributed by atoms with van der Waals surface area (Å²) >= 11 is 0. The van der Waals surface area contributed by atoms with Crippen LogP contribution in [0.4, 0.5) is 0 Å². The average Bonchev–Trinajstić information content (AvgIpc) is 3.27. The van der Waals surface area contributed by atoms with Crippen LogP contribution in [-0.2, 0) is 17.8 Å². The third-order valence-corrected chi connectivity index (χ3v) is 4.05. The Hall–Kier alpha value is -1.56. The fourth-order valence-corrected chi connectivity index (χ4v) is 2.51. The highest BCUT2D eigenvalue weighted by Gasteiger charge is 2.21. The van der Waals surface area contributed by atoms with Crippen molar-refractivity contribution in [1.82, 2.24) is 19.8 Å². The number of aliphatic imine (C=N–C) groups is 1. The zero-order chi connectivity index (χ0) is 17.4. The highest BCUT2D eigenvalue weighted by molar-refractivity contribution is 5.79. The van der Waals surface area contributed by atoms with Crippen LogP contribution in [0.25, 0.3) is 0 Å². The summed E-state index contributed by atoms with van der Waals surface area (Å²) in [6.07, 6.45) is 6.56. The molecule has 1 saturated carbocycles. The van der Waals surface area contributed by atoms with E-state index in [9.17, 15) is 0 Å². The van der Waals surface area contributed by atoms with Crippen molar-refractivity contribution in [2.45, 2.75) is 46.7 Å². The fourth-order valence-electron chi connectivity index (χ4n) is 2.51. The number of aromatic nitrogens is 2. The van der Waals surface area contributed by atoms with E-state index in [1.165, 1.54) is 12.8 Å². The molecule has 0 aliphatic heterocycles. The molecule has 1 heterocycles. The molecule has 24 heavy (non-hydrogen) atoms. The lowest BCUT2D eigenvalue weighted by Crippen LogP contribution is -2.40. The van der Waals surface area contributed by atoms with Crippen LogP contribution in [0.5, 0.6) is 0 Å². The first-order chi connectivity index (χ1) is 11.6. The first-order valence-electron chi connectivity index (χ1n) is 9.17. The normalized spacial score (nSPS) is 15.1. The van der Waals surface area contributed by atoms with Crippen molar-refractivity contribution >= 4 is 5.96 Å². The maximum atomic E-state index is 5.73. The van der Waals surface area contributed by atoms with E-state index in [0.717, 1.165) is 50.5 Å². The lowest BCUT2D eigenvalue weighted by Gasteiger charge is -2.22. The highest BCUT2D eigenvalue weighted by atomic mass is 16.5. The zero-order valence-electron chi connectivity index (χ0n) is 15.7. The molecule has 1 aliphatic rings. The molecule has 1 aromatic heterocycles. The van der Waals surface area contributed by atoms with Crippen molar-refractivity contribution in [1.29, 1.82) is 0 Å². The molecule has 2 rings (SSSR count). The number of imidazole rings is 1. The number of nitrogens with one attached hydrogen (secondary N) is 1. The maximum absolute atomic E-state index is 5.73. The van der Waals surface area contributed by atoms with Crippen molar-refractivity contribution in [3.63, 3.8) is 0 Å². The van der Waals surface area contributed by atoms with Gasteiger partial charge in [0.25, 0.3) is 0 Å². The van der Waals surface area contributed by atoms with Gasteiger partial charge in [-0.2, -0.15) is 0 Å². The molecule has 0 amide bonds. The molecule has 1 N–H and O–H groups in total. The highest BCUT2D eigenvalue weighted by Crippen LogP contribution is 2.28. The summed E-state index contributed by atoms with van der Waals surface area (Å²) in [5, 5.41) is 3.35. The molecular formula is C18H33N5O. The van der Waals surface area contributed by atoms with E-state index in [4.69, 9.17) is 9.73 Å². The predicted octanol–water partition coefficient (Wildman–Crippen LogP) is 2.36. The molecule has 1 aromatic rings. The van der Waals surface area contributed by atoms with E-state index >= 15 is 0 Å². The van der Waals surface area contributed by atoms with Crippen LogP contribution in [0.15, 0.2) is 17.4 Å². The quantitative estimate of drug-likeness (QED) is 0.405. The molecule has 0 saturated heterocycles. The molecule has 0 radical (unpaired) electrons. The number of hydrogen-bond acceptors (Lipinski definition) is 3. The van der Waals surface area contributed by atoms with E-state index in [-0.39, 0.29) is 0 Å². The van der Waals surface area contributed by atoms with Crippen molar-refractivity contribution in [2.24, 2.45) is 16.8 Å². The largest absolute Gasteiger partial charge is 0.379 e. The molecular weight excluding hydrogens is 302 g/mol. The smallest absolute Gasteiger partial charge is 0.194 e. The van der Waals surface area contributed by atoms with E-state index in [1.807, 2.05) is 12.4 Å². The molecule has 136 valence electrons. The van der Waals surface area contributed by atoms with E-state index in [0.29, 0.717) is 12.5 Å². The summed E-state index contributed by atoms with van der Waals surface area (Å²) in [6.45, 7) is 11.5. The van der Waals surface area contributed by atoms with E-state index in [2.05, 4.69) is 47.6 Å². The van der Waals surface area contributed by atoms with Crippen molar-refractivity contribution in [3.05, 3.63) is 18.2 Å². The topological polar surface area (TPSA) is 54.7 Å². The SMILES string of the molecule is CCNC(=NCc1nccn1CC(C)C)N(C)CCOCC1CC1. The van der Waals surface area contributed by atoms with Gasteiger partial charge in [-0.3, -0.25) is 0 Å². The Bertz CT molecular complexity index is 507. The Balaban J connectivity index is 1.85. The van der Waals surface area contributed by atoms with Gasteiger partial charge in [0.1, 0.15) is 12.4 Å². The van der Waals surface area contributed by atoms with Crippen LogP contribution in [0, 0.1) is 11.8 Å². The van der Waals surface area contributed by atoms with Gasteiger partial charge < -0.3 is 19.5 Å². The molecule has 0 aromatic carbocycles. The third kappa shape index (κ3) is 6.51. The lowest BCUT2D eigenvalue weighted by molar-refractivity contribution is 0.115. The Morgan fingerprint density at radius 3 is 2.96 bits per heavy atom. The van der Waals surface area contributed by atoms with Gasteiger partial charge in [0, 0.05) is 45.7 Å². The Morgan fingerprint density at radius 2 is 2.29 bits per heavy atom. The molecule has 0 spiro atoms. The first-order valence-corrected chi connectivity index (χ1v) is 9.17. The van der Waals surface area contributed by atoms with Crippen LogP contribution in [0.2, 0.25) is 0 Å². The zero-order valence-corrected chi connectivity index (χ0v) is 15.7. The van der Waals surface area contributed by atoms with Crippen LogP contribution in [0.3, 0.4) is 0 Å². The molecule has 0 atom stereocenters. The summed E-state index contributed by atoms with van der Waals surface area (Å²) in [5.41, 5.74) is 0. The number of hydrogen-bond donors (Lipinski definition) is 1. The van der Waals surface area contributed by atoms with Gasteiger partial charge in [-0.15, -0.1) is 0 Å². The molecule has 0 bridgehead atoms. The fraction of sp³-hybridized carbons (Fsp3) is 0.778. The molecule has 1 fully saturated rings. The van der Waals surface area contributed by atoms with Gasteiger partial charge in [-0.25, -0.2) is 9.98 Å². The number of guanidine groups is 1. The van der Waals surface area contributed by atoms with Gasteiger partial charge >= 0.3 is 0 Å². The Morgan fingerprint density at radius 1 is 1.50 bits per heavy atom. The average molecular weight is 335 g/mol. The number of rotatable bonds is 10. The summed E-state index contributed by atoms with van der Waals surface area (Å²) in [6, 6.07) is 0. The van der Waals surface area contributed by atoms with Gasteiger partial charge in [0.15, 0.2) is 5.96 Å². The summed E-state index contributed by atoms with van der Waals surface area (Å²) in [7, 11) is 2.06. The van der Waals surface area contributed by atoms with Crippen LogP contribution >= 0.6 is 0 Å². The van der Waals surface area contributed by atoms with Crippen molar-refractivity contribution < 1.29 is 4.74 Å². The third-order valence-electron chi connectivity index (χ3n) is 4.05. The van der Waals surface area contributed by atoms with E-state index in [1.54, 1.807) is 0 Å². The van der Waals surface area contributed by atoms with Crippen LogP contribution in [0.1, 0.15) is 39.4 Å². The van der Waals surface area contributed by atoms with Crippen molar-refractivity contribution in [3.8, 4) is 0 Å². The minimum atomic E-state index is 0.593. The van der Waals surface area contributed by atoms with Gasteiger partial charge in [0.2, 0.25) is 0 Å². The Labute approximate surface area is 146 Å². The molecule has 6 heteroatoms. The van der Waals surface area contributed by atoms with Crippen LogP contribution in [-0.4, -0.2) is 53.8 Å². The molecule has 0 unspecified atom stereocenters.